The number of hydrogen-bond acceptors (Lipinski definition) is 2. The summed E-state index contributed by atoms with van der Waals surface area (Å²) in [6.45, 7) is 11.2. The Morgan fingerprint density at radius 3 is 2.50 bits per heavy atom. The number of likely N-dealkylation sites (tertiary alicyclic amines) is 1. The average molecular weight is 281 g/mol. The summed E-state index contributed by atoms with van der Waals surface area (Å²) in [6, 6.07) is 0.771. The fraction of sp³-hybridized carbons (Fsp3) is 1.00. The van der Waals surface area contributed by atoms with Crippen molar-refractivity contribution in [1.29, 1.82) is 0 Å². The Kier molecular flexibility index (Phi) is 5.92. The molecular weight excluding hydrogens is 244 g/mol. The summed E-state index contributed by atoms with van der Waals surface area (Å²) < 4.78 is 0. The maximum atomic E-state index is 3.93. The maximum Gasteiger partial charge on any atom is 0.0101 e. The lowest BCUT2D eigenvalue weighted by molar-refractivity contribution is 0.109. The standard InChI is InChI=1S/C18H36N2/c1-5-9-18(3)13-15(2)6-10-19-17(14-18)16-7-11-20(4)12-8-16/h15-17,19H,5-14H2,1-4H3. The van der Waals surface area contributed by atoms with Crippen molar-refractivity contribution in [3.05, 3.63) is 0 Å². The van der Waals surface area contributed by atoms with Gasteiger partial charge in [-0.05, 0) is 82.5 Å². The molecule has 118 valence electrons. The minimum atomic E-state index is 0.565. The summed E-state index contributed by atoms with van der Waals surface area (Å²) in [5, 5.41) is 3.93. The molecule has 2 rings (SSSR count). The van der Waals surface area contributed by atoms with Gasteiger partial charge in [0.2, 0.25) is 0 Å². The molecule has 2 aliphatic heterocycles. The van der Waals surface area contributed by atoms with E-state index in [1.54, 1.807) is 0 Å². The molecule has 3 atom stereocenters. The fourth-order valence-electron chi connectivity index (χ4n) is 4.72. The van der Waals surface area contributed by atoms with Crippen molar-refractivity contribution in [1.82, 2.24) is 10.2 Å². The molecule has 2 nitrogen and oxygen atoms in total. The van der Waals surface area contributed by atoms with Gasteiger partial charge in [0, 0.05) is 6.04 Å². The second-order valence-corrected chi connectivity index (χ2v) is 8.06. The van der Waals surface area contributed by atoms with Crippen molar-refractivity contribution in [2.75, 3.05) is 26.7 Å². The van der Waals surface area contributed by atoms with Crippen molar-refractivity contribution < 1.29 is 0 Å². The van der Waals surface area contributed by atoms with Crippen LogP contribution >= 0.6 is 0 Å². The van der Waals surface area contributed by atoms with Gasteiger partial charge in [-0.25, -0.2) is 0 Å². The highest BCUT2D eigenvalue weighted by molar-refractivity contribution is 4.90. The van der Waals surface area contributed by atoms with E-state index in [0.717, 1.165) is 17.9 Å². The minimum absolute atomic E-state index is 0.565. The highest BCUT2D eigenvalue weighted by Gasteiger charge is 2.35. The lowest BCUT2D eigenvalue weighted by Gasteiger charge is -2.43. The molecule has 0 aromatic rings. The van der Waals surface area contributed by atoms with E-state index < -0.39 is 0 Å². The molecule has 3 unspecified atom stereocenters. The van der Waals surface area contributed by atoms with Crippen LogP contribution in [0.2, 0.25) is 0 Å². The molecule has 2 saturated heterocycles. The SMILES string of the molecule is CCCC1(C)CC(C)CCNC(C2CCN(C)CC2)C1. The minimum Gasteiger partial charge on any atom is -0.314 e. The molecule has 0 aliphatic carbocycles. The highest BCUT2D eigenvalue weighted by atomic mass is 15.1. The molecule has 0 bridgehead atoms. The van der Waals surface area contributed by atoms with E-state index >= 15 is 0 Å². The van der Waals surface area contributed by atoms with Crippen LogP contribution in [0.3, 0.4) is 0 Å². The lowest BCUT2D eigenvalue weighted by atomic mass is 9.69. The van der Waals surface area contributed by atoms with Crippen LogP contribution in [0.15, 0.2) is 0 Å². The zero-order valence-electron chi connectivity index (χ0n) is 14.3. The predicted octanol–water partition coefficient (Wildman–Crippen LogP) is 3.91. The van der Waals surface area contributed by atoms with E-state index in [1.165, 1.54) is 64.6 Å². The Morgan fingerprint density at radius 2 is 1.85 bits per heavy atom. The van der Waals surface area contributed by atoms with Gasteiger partial charge >= 0.3 is 0 Å². The quantitative estimate of drug-likeness (QED) is 0.843. The molecule has 0 spiro atoms. The van der Waals surface area contributed by atoms with Crippen molar-refractivity contribution in [2.24, 2.45) is 17.3 Å². The highest BCUT2D eigenvalue weighted by Crippen LogP contribution is 2.40. The van der Waals surface area contributed by atoms with Gasteiger partial charge in [0.25, 0.3) is 0 Å². The van der Waals surface area contributed by atoms with E-state index in [9.17, 15) is 0 Å². The molecule has 2 heteroatoms. The van der Waals surface area contributed by atoms with Crippen LogP contribution in [0, 0.1) is 17.3 Å². The summed E-state index contributed by atoms with van der Waals surface area (Å²) in [4.78, 5) is 2.49. The number of nitrogens with one attached hydrogen (secondary N) is 1. The molecule has 2 aliphatic rings. The normalized spacial score (nSPS) is 38.4. The molecule has 2 fully saturated rings. The van der Waals surface area contributed by atoms with Crippen LogP contribution in [0.4, 0.5) is 0 Å². The first kappa shape index (κ1) is 16.3. The molecule has 0 amide bonds. The Bertz CT molecular complexity index is 283. The monoisotopic (exact) mass is 280 g/mol. The van der Waals surface area contributed by atoms with Crippen LogP contribution in [0.1, 0.15) is 65.7 Å². The van der Waals surface area contributed by atoms with Gasteiger partial charge in [-0.1, -0.05) is 27.2 Å². The molecular formula is C18H36N2. The first-order chi connectivity index (χ1) is 9.52. The van der Waals surface area contributed by atoms with Gasteiger partial charge in [-0.15, -0.1) is 0 Å². The summed E-state index contributed by atoms with van der Waals surface area (Å²) in [5.74, 6) is 1.80. The van der Waals surface area contributed by atoms with E-state index in [0.29, 0.717) is 5.41 Å². The Labute approximate surface area is 126 Å². The van der Waals surface area contributed by atoms with Crippen molar-refractivity contribution in [3.8, 4) is 0 Å². The van der Waals surface area contributed by atoms with Crippen LogP contribution in [-0.2, 0) is 0 Å². The van der Waals surface area contributed by atoms with E-state index in [-0.39, 0.29) is 0 Å². The number of hydrogen-bond donors (Lipinski definition) is 1. The van der Waals surface area contributed by atoms with Gasteiger partial charge in [0.05, 0.1) is 0 Å². The van der Waals surface area contributed by atoms with Gasteiger partial charge in [0.1, 0.15) is 0 Å². The lowest BCUT2D eigenvalue weighted by Crippen LogP contribution is -2.46. The van der Waals surface area contributed by atoms with Crippen molar-refractivity contribution in [2.45, 2.75) is 71.8 Å². The Hall–Kier alpha value is -0.0800. The second kappa shape index (κ2) is 7.26. The van der Waals surface area contributed by atoms with Crippen molar-refractivity contribution in [3.63, 3.8) is 0 Å². The smallest absolute Gasteiger partial charge is 0.0101 e. The average Bonchev–Trinajstić information content (AvgIpc) is 2.37. The summed E-state index contributed by atoms with van der Waals surface area (Å²) in [7, 11) is 2.27. The Balaban J connectivity index is 2.00. The molecule has 2 heterocycles. The molecule has 0 saturated carbocycles. The van der Waals surface area contributed by atoms with Gasteiger partial charge in [0.15, 0.2) is 0 Å². The zero-order valence-corrected chi connectivity index (χ0v) is 14.3. The maximum absolute atomic E-state index is 3.93. The van der Waals surface area contributed by atoms with Crippen LogP contribution < -0.4 is 5.32 Å². The van der Waals surface area contributed by atoms with Gasteiger partial charge in [-0.2, -0.15) is 0 Å². The summed E-state index contributed by atoms with van der Waals surface area (Å²) >= 11 is 0. The van der Waals surface area contributed by atoms with Crippen molar-refractivity contribution >= 4 is 0 Å². The molecule has 20 heavy (non-hydrogen) atoms. The zero-order chi connectivity index (χ0) is 14.6. The van der Waals surface area contributed by atoms with E-state index in [4.69, 9.17) is 0 Å². The third-order valence-electron chi connectivity index (χ3n) is 5.78. The Morgan fingerprint density at radius 1 is 1.15 bits per heavy atom. The largest absolute Gasteiger partial charge is 0.314 e. The molecule has 0 radical (unpaired) electrons. The number of piperidine rings is 1. The summed E-state index contributed by atoms with van der Waals surface area (Å²) in [5.41, 5.74) is 0.565. The van der Waals surface area contributed by atoms with Gasteiger partial charge < -0.3 is 10.2 Å². The van der Waals surface area contributed by atoms with Crippen LogP contribution in [0.25, 0.3) is 0 Å². The van der Waals surface area contributed by atoms with E-state index in [2.05, 4.69) is 38.0 Å². The fourth-order valence-corrected chi connectivity index (χ4v) is 4.72. The number of rotatable bonds is 3. The third-order valence-corrected chi connectivity index (χ3v) is 5.78. The van der Waals surface area contributed by atoms with Crippen LogP contribution in [-0.4, -0.2) is 37.6 Å². The number of nitrogens with zero attached hydrogens (tertiary/aromatic N) is 1. The second-order valence-electron chi connectivity index (χ2n) is 8.06. The third kappa shape index (κ3) is 4.46. The summed E-state index contributed by atoms with van der Waals surface area (Å²) in [6.07, 6.45) is 9.73. The van der Waals surface area contributed by atoms with E-state index in [1.807, 2.05) is 0 Å². The molecule has 0 aromatic carbocycles. The van der Waals surface area contributed by atoms with Gasteiger partial charge in [-0.3, -0.25) is 0 Å². The molecule has 0 aromatic heterocycles. The first-order valence-electron chi connectivity index (χ1n) is 8.94. The first-order valence-corrected chi connectivity index (χ1v) is 8.94. The van der Waals surface area contributed by atoms with Crippen LogP contribution in [0.5, 0.6) is 0 Å². The predicted molar refractivity (Wildman–Crippen MR) is 88.0 cm³/mol. The molecule has 1 N–H and O–H groups in total. The topological polar surface area (TPSA) is 15.3 Å².